The number of anilines is 1. The molecule has 0 bridgehead atoms. The third-order valence-corrected chi connectivity index (χ3v) is 4.47. The number of carbonyl (C=O) groups excluding carboxylic acids is 1. The van der Waals surface area contributed by atoms with E-state index in [2.05, 4.69) is 15.2 Å². The van der Waals surface area contributed by atoms with Gasteiger partial charge in [-0.15, -0.1) is 13.2 Å². The number of para-hydroxylation sites is 1. The predicted octanol–water partition coefficient (Wildman–Crippen LogP) is 5.97. The molecular formula is C21H19ClF3N3O2. The number of halogens is 4. The van der Waals surface area contributed by atoms with Crippen LogP contribution in [0.2, 0.25) is 5.02 Å². The molecule has 0 aliphatic rings. The number of benzene rings is 2. The Morgan fingerprint density at radius 1 is 1.07 bits per heavy atom. The van der Waals surface area contributed by atoms with Gasteiger partial charge in [-0.2, -0.15) is 5.10 Å². The summed E-state index contributed by atoms with van der Waals surface area (Å²) in [5.74, 6) is -0.536. The van der Waals surface area contributed by atoms with Crippen LogP contribution in [0, 0.1) is 0 Å². The van der Waals surface area contributed by atoms with E-state index < -0.39 is 18.0 Å². The number of ether oxygens (including phenoxy) is 1. The molecule has 1 N–H and O–H groups in total. The van der Waals surface area contributed by atoms with Crippen molar-refractivity contribution in [1.29, 1.82) is 0 Å². The summed E-state index contributed by atoms with van der Waals surface area (Å²) >= 11 is 6.30. The monoisotopic (exact) mass is 437 g/mol. The minimum atomic E-state index is -4.80. The fourth-order valence-corrected chi connectivity index (χ4v) is 2.86. The summed E-state index contributed by atoms with van der Waals surface area (Å²) in [6, 6.07) is 13.4. The average Bonchev–Trinajstić information content (AvgIpc) is 3.05. The van der Waals surface area contributed by atoms with Gasteiger partial charge in [-0.05, 0) is 36.4 Å². The molecule has 9 heteroatoms. The first-order chi connectivity index (χ1) is 13.9. The second kappa shape index (κ2) is 8.02. The number of nitrogens with one attached hydrogen (secondary N) is 1. The predicted molar refractivity (Wildman–Crippen MR) is 108 cm³/mol. The molecule has 30 heavy (non-hydrogen) atoms. The van der Waals surface area contributed by atoms with Gasteiger partial charge in [0.05, 0.1) is 16.4 Å². The Bertz CT molecular complexity index is 1050. The van der Waals surface area contributed by atoms with Crippen LogP contribution in [0.15, 0.2) is 54.6 Å². The van der Waals surface area contributed by atoms with Crippen LogP contribution < -0.4 is 10.1 Å². The summed E-state index contributed by atoms with van der Waals surface area (Å²) in [4.78, 5) is 12.7. The first-order valence-electron chi connectivity index (χ1n) is 8.97. The van der Waals surface area contributed by atoms with Gasteiger partial charge in [-0.25, -0.2) is 4.68 Å². The van der Waals surface area contributed by atoms with Crippen molar-refractivity contribution >= 4 is 23.3 Å². The molecule has 0 aliphatic carbocycles. The van der Waals surface area contributed by atoms with E-state index in [9.17, 15) is 18.0 Å². The molecule has 1 amide bonds. The van der Waals surface area contributed by atoms with Crippen molar-refractivity contribution in [2.75, 3.05) is 5.32 Å². The smallest absolute Gasteiger partial charge is 0.406 e. The van der Waals surface area contributed by atoms with Crippen LogP contribution in [0.5, 0.6) is 5.75 Å². The number of aromatic nitrogens is 2. The molecular weight excluding hydrogens is 419 g/mol. The lowest BCUT2D eigenvalue weighted by Gasteiger charge is -2.14. The molecule has 0 saturated heterocycles. The quantitative estimate of drug-likeness (QED) is 0.546. The molecule has 158 valence electrons. The number of alkyl halides is 3. The van der Waals surface area contributed by atoms with Crippen molar-refractivity contribution in [3.05, 3.63) is 70.9 Å². The Morgan fingerprint density at radius 3 is 2.27 bits per heavy atom. The highest BCUT2D eigenvalue weighted by Gasteiger charge is 2.31. The Hall–Kier alpha value is -3.00. The lowest BCUT2D eigenvalue weighted by atomic mass is 9.92. The van der Waals surface area contributed by atoms with Gasteiger partial charge in [0.25, 0.3) is 5.91 Å². The van der Waals surface area contributed by atoms with Gasteiger partial charge in [0.1, 0.15) is 11.6 Å². The Morgan fingerprint density at radius 2 is 1.70 bits per heavy atom. The fraction of sp³-hybridized carbons (Fsp3) is 0.238. The summed E-state index contributed by atoms with van der Waals surface area (Å²) < 4.78 is 42.3. The minimum absolute atomic E-state index is 0.161. The van der Waals surface area contributed by atoms with Crippen LogP contribution in [0.3, 0.4) is 0 Å². The van der Waals surface area contributed by atoms with Gasteiger partial charge in [-0.1, -0.05) is 44.5 Å². The SMILES string of the molecule is CC(C)(C)c1cc(NC(=O)c2ccc(OC(F)(F)F)cc2)n(-c2ccccc2Cl)n1. The van der Waals surface area contributed by atoms with Gasteiger partial charge >= 0.3 is 6.36 Å². The largest absolute Gasteiger partial charge is 0.573 e. The summed E-state index contributed by atoms with van der Waals surface area (Å²) in [6.07, 6.45) is -4.80. The number of nitrogens with zero attached hydrogens (tertiary/aromatic N) is 2. The third kappa shape index (κ3) is 5.13. The van der Waals surface area contributed by atoms with Crippen molar-refractivity contribution in [3.8, 4) is 11.4 Å². The normalized spacial score (nSPS) is 12.0. The molecule has 0 aliphatic heterocycles. The van der Waals surface area contributed by atoms with Crippen molar-refractivity contribution in [3.63, 3.8) is 0 Å². The van der Waals surface area contributed by atoms with Crippen LogP contribution in [0.1, 0.15) is 36.8 Å². The zero-order valence-corrected chi connectivity index (χ0v) is 17.2. The zero-order chi connectivity index (χ0) is 22.1. The highest BCUT2D eigenvalue weighted by molar-refractivity contribution is 6.32. The lowest BCUT2D eigenvalue weighted by molar-refractivity contribution is -0.274. The Kier molecular flexibility index (Phi) is 5.81. The van der Waals surface area contributed by atoms with Crippen molar-refractivity contribution < 1.29 is 22.7 Å². The summed E-state index contributed by atoms with van der Waals surface area (Å²) in [5.41, 5.74) is 1.18. The number of carbonyl (C=O) groups is 1. The highest BCUT2D eigenvalue weighted by Crippen LogP contribution is 2.29. The number of amides is 1. The van der Waals surface area contributed by atoms with Crippen LogP contribution in [-0.2, 0) is 5.41 Å². The number of hydrogen-bond donors (Lipinski definition) is 1. The molecule has 3 rings (SSSR count). The molecule has 5 nitrogen and oxygen atoms in total. The lowest BCUT2D eigenvalue weighted by Crippen LogP contribution is -2.18. The first-order valence-corrected chi connectivity index (χ1v) is 9.34. The van der Waals surface area contributed by atoms with Crippen molar-refractivity contribution in [2.24, 2.45) is 0 Å². The van der Waals surface area contributed by atoms with E-state index in [1.165, 1.54) is 16.8 Å². The van der Waals surface area contributed by atoms with Gasteiger partial charge < -0.3 is 10.1 Å². The number of rotatable bonds is 4. The molecule has 1 aromatic heterocycles. The zero-order valence-electron chi connectivity index (χ0n) is 16.4. The molecule has 2 aromatic carbocycles. The molecule has 1 heterocycles. The van der Waals surface area contributed by atoms with E-state index >= 15 is 0 Å². The Balaban J connectivity index is 1.91. The van der Waals surface area contributed by atoms with Crippen LogP contribution in [-0.4, -0.2) is 22.1 Å². The molecule has 0 radical (unpaired) electrons. The minimum Gasteiger partial charge on any atom is -0.406 e. The maximum atomic E-state index is 12.7. The van der Waals surface area contributed by atoms with Gasteiger partial charge in [-0.3, -0.25) is 4.79 Å². The van der Waals surface area contributed by atoms with Crippen LogP contribution in [0.4, 0.5) is 19.0 Å². The molecule has 0 atom stereocenters. The molecule has 3 aromatic rings. The summed E-state index contributed by atoms with van der Waals surface area (Å²) in [6.45, 7) is 5.95. The fourth-order valence-electron chi connectivity index (χ4n) is 2.64. The van der Waals surface area contributed by atoms with Gasteiger partial charge in [0, 0.05) is 17.0 Å². The number of hydrogen-bond acceptors (Lipinski definition) is 3. The van der Waals surface area contributed by atoms with Gasteiger partial charge in [0.2, 0.25) is 0 Å². The summed E-state index contributed by atoms with van der Waals surface area (Å²) in [5, 5.41) is 7.79. The van der Waals surface area contributed by atoms with E-state index in [1.807, 2.05) is 20.8 Å². The standard InChI is InChI=1S/C21H19ClF3N3O2/c1-20(2,3)17-12-18(28(27-17)16-7-5-4-6-15(16)22)26-19(29)13-8-10-14(11-9-13)30-21(23,24)25/h4-12H,1-3H3,(H,26,29). The maximum absolute atomic E-state index is 12.7. The molecule has 0 saturated carbocycles. The highest BCUT2D eigenvalue weighted by atomic mass is 35.5. The Labute approximate surface area is 176 Å². The molecule has 0 fully saturated rings. The van der Waals surface area contributed by atoms with E-state index in [0.717, 1.165) is 17.8 Å². The second-order valence-electron chi connectivity index (χ2n) is 7.55. The third-order valence-electron chi connectivity index (χ3n) is 4.15. The average molecular weight is 438 g/mol. The molecule has 0 spiro atoms. The first kappa shape index (κ1) is 21.7. The summed E-state index contributed by atoms with van der Waals surface area (Å²) in [7, 11) is 0. The van der Waals surface area contributed by atoms with Gasteiger partial charge in [0.15, 0.2) is 0 Å². The van der Waals surface area contributed by atoms with E-state index in [-0.39, 0.29) is 11.0 Å². The maximum Gasteiger partial charge on any atom is 0.573 e. The van der Waals surface area contributed by atoms with Crippen molar-refractivity contribution in [1.82, 2.24) is 9.78 Å². The van der Waals surface area contributed by atoms with Crippen LogP contribution >= 0.6 is 11.6 Å². The van der Waals surface area contributed by atoms with E-state index in [0.29, 0.717) is 16.5 Å². The van der Waals surface area contributed by atoms with Crippen LogP contribution in [0.25, 0.3) is 5.69 Å². The second-order valence-corrected chi connectivity index (χ2v) is 7.96. The van der Waals surface area contributed by atoms with E-state index in [1.54, 1.807) is 30.3 Å². The molecule has 0 unspecified atom stereocenters. The van der Waals surface area contributed by atoms with Crippen molar-refractivity contribution in [2.45, 2.75) is 32.5 Å². The van der Waals surface area contributed by atoms with E-state index in [4.69, 9.17) is 11.6 Å². The topological polar surface area (TPSA) is 56.1 Å².